The second-order valence-corrected chi connectivity index (χ2v) is 7.65. The van der Waals surface area contributed by atoms with Crippen molar-refractivity contribution in [3.63, 3.8) is 0 Å². The molecule has 1 saturated heterocycles. The number of nitrogens with zero attached hydrogens (tertiary/aromatic N) is 4. The van der Waals surface area contributed by atoms with Crippen LogP contribution in [0.1, 0.15) is 18.3 Å². The maximum atomic E-state index is 12.6. The van der Waals surface area contributed by atoms with Gasteiger partial charge in [0.1, 0.15) is 0 Å². The van der Waals surface area contributed by atoms with Crippen LogP contribution in [0.25, 0.3) is 11.5 Å². The number of aromatic nitrogens is 2. The monoisotopic (exact) mass is 425 g/mol. The van der Waals surface area contributed by atoms with Crippen molar-refractivity contribution in [2.45, 2.75) is 19.9 Å². The maximum absolute atomic E-state index is 12.6. The highest BCUT2D eigenvalue weighted by Gasteiger charge is 2.23. The molecule has 0 unspecified atom stereocenters. The fourth-order valence-corrected chi connectivity index (χ4v) is 3.66. The Kier molecular flexibility index (Phi) is 6.30. The number of urea groups is 1. The molecular formula is C22H24ClN5O2. The lowest BCUT2D eigenvalue weighted by molar-refractivity contribution is 0.140. The van der Waals surface area contributed by atoms with E-state index < -0.39 is 0 Å². The van der Waals surface area contributed by atoms with Crippen LogP contribution in [0.5, 0.6) is 0 Å². The molecule has 1 fully saturated rings. The van der Waals surface area contributed by atoms with Crippen molar-refractivity contribution in [1.29, 1.82) is 0 Å². The quantitative estimate of drug-likeness (QED) is 0.659. The number of hydrogen-bond acceptors (Lipinski definition) is 5. The molecule has 1 aliphatic heterocycles. The Hall–Kier alpha value is -2.90. The molecule has 30 heavy (non-hydrogen) atoms. The van der Waals surface area contributed by atoms with Crippen LogP contribution in [0.2, 0.25) is 5.02 Å². The summed E-state index contributed by atoms with van der Waals surface area (Å²) in [5, 5.41) is 7.65. The summed E-state index contributed by atoms with van der Waals surface area (Å²) in [5.74, 6) is 1.03. The van der Waals surface area contributed by atoms with E-state index in [-0.39, 0.29) is 6.03 Å². The molecule has 0 saturated carbocycles. The number of anilines is 1. The van der Waals surface area contributed by atoms with Crippen molar-refractivity contribution in [2.24, 2.45) is 0 Å². The summed E-state index contributed by atoms with van der Waals surface area (Å²) < 4.78 is 5.37. The van der Waals surface area contributed by atoms with E-state index in [0.717, 1.165) is 30.8 Å². The predicted octanol–water partition coefficient (Wildman–Crippen LogP) is 4.30. The largest absolute Gasteiger partial charge is 0.334 e. The number of carbonyl (C=O) groups excluding carboxylic acids is 1. The van der Waals surface area contributed by atoms with E-state index in [1.165, 1.54) is 5.56 Å². The third-order valence-corrected chi connectivity index (χ3v) is 5.51. The molecule has 0 bridgehead atoms. The third-order valence-electron chi connectivity index (χ3n) is 5.18. The number of nitrogens with one attached hydrogen (secondary N) is 1. The summed E-state index contributed by atoms with van der Waals surface area (Å²) in [6.45, 7) is 5.46. The second-order valence-electron chi connectivity index (χ2n) is 7.24. The zero-order chi connectivity index (χ0) is 20.9. The number of amides is 2. The Morgan fingerprint density at radius 3 is 2.70 bits per heavy atom. The maximum Gasteiger partial charge on any atom is 0.321 e. The average molecular weight is 426 g/mol. The van der Waals surface area contributed by atoms with Crippen LogP contribution in [-0.4, -0.2) is 52.2 Å². The van der Waals surface area contributed by atoms with E-state index in [9.17, 15) is 4.79 Å². The van der Waals surface area contributed by atoms with Crippen LogP contribution in [0.15, 0.2) is 53.1 Å². The van der Waals surface area contributed by atoms with Gasteiger partial charge in [-0.3, -0.25) is 4.90 Å². The molecule has 3 aromatic rings. The number of rotatable bonds is 5. The highest BCUT2D eigenvalue weighted by Crippen LogP contribution is 2.26. The first kappa shape index (κ1) is 20.4. The molecule has 0 spiro atoms. The fourth-order valence-electron chi connectivity index (χ4n) is 3.44. The van der Waals surface area contributed by atoms with Crippen LogP contribution >= 0.6 is 11.6 Å². The van der Waals surface area contributed by atoms with E-state index in [0.29, 0.717) is 36.4 Å². The molecule has 2 aromatic carbocycles. The highest BCUT2D eigenvalue weighted by molar-refractivity contribution is 6.33. The first-order valence-corrected chi connectivity index (χ1v) is 10.4. The van der Waals surface area contributed by atoms with Crippen LogP contribution < -0.4 is 5.32 Å². The SMILES string of the molecule is CCc1cccc(NC(=O)N2CCN(Cc3noc(-c4ccccc4Cl)n3)CC2)c1. The van der Waals surface area contributed by atoms with Crippen LogP contribution in [0.4, 0.5) is 10.5 Å². The second kappa shape index (κ2) is 9.28. The Balaban J connectivity index is 1.29. The van der Waals surface area contributed by atoms with Crippen LogP contribution in [0, 0.1) is 0 Å². The molecule has 0 atom stereocenters. The van der Waals surface area contributed by atoms with Crippen molar-refractivity contribution in [3.8, 4) is 11.5 Å². The fraction of sp³-hybridized carbons (Fsp3) is 0.318. The third kappa shape index (κ3) is 4.80. The Bertz CT molecular complexity index is 1010. The van der Waals surface area contributed by atoms with Gasteiger partial charge < -0.3 is 14.7 Å². The lowest BCUT2D eigenvalue weighted by Gasteiger charge is -2.34. The standard InChI is InChI=1S/C22H24ClN5O2/c1-2-16-6-5-7-17(14-16)24-22(29)28-12-10-27(11-13-28)15-20-25-21(30-26-20)18-8-3-4-9-19(18)23/h3-9,14H,2,10-13,15H2,1H3,(H,24,29). The topological polar surface area (TPSA) is 74.5 Å². The van der Waals surface area contributed by atoms with Gasteiger partial charge in [-0.1, -0.05) is 47.9 Å². The Labute approximate surface area is 180 Å². The molecule has 1 aromatic heterocycles. The summed E-state index contributed by atoms with van der Waals surface area (Å²) in [6.07, 6.45) is 0.941. The van der Waals surface area contributed by atoms with Gasteiger partial charge in [0.2, 0.25) is 0 Å². The first-order valence-electron chi connectivity index (χ1n) is 10.1. The summed E-state index contributed by atoms with van der Waals surface area (Å²) >= 11 is 6.20. The Morgan fingerprint density at radius 2 is 1.93 bits per heavy atom. The first-order chi connectivity index (χ1) is 14.6. The number of hydrogen-bond donors (Lipinski definition) is 1. The minimum Gasteiger partial charge on any atom is -0.334 e. The van der Waals surface area contributed by atoms with E-state index in [4.69, 9.17) is 16.1 Å². The summed E-state index contributed by atoms with van der Waals surface area (Å²) in [6, 6.07) is 15.3. The van der Waals surface area contributed by atoms with Crippen molar-refractivity contribution in [2.75, 3.05) is 31.5 Å². The lowest BCUT2D eigenvalue weighted by atomic mass is 10.1. The molecule has 1 aliphatic rings. The van der Waals surface area contributed by atoms with E-state index in [1.807, 2.05) is 41.3 Å². The van der Waals surface area contributed by atoms with Crippen molar-refractivity contribution in [3.05, 3.63) is 64.9 Å². The van der Waals surface area contributed by atoms with Crippen molar-refractivity contribution in [1.82, 2.24) is 19.9 Å². The van der Waals surface area contributed by atoms with Crippen molar-refractivity contribution < 1.29 is 9.32 Å². The number of piperazine rings is 1. The van der Waals surface area contributed by atoms with E-state index >= 15 is 0 Å². The van der Waals surface area contributed by atoms with Crippen LogP contribution in [0.3, 0.4) is 0 Å². The van der Waals surface area contributed by atoms with Gasteiger partial charge >= 0.3 is 6.03 Å². The molecule has 156 valence electrons. The zero-order valence-electron chi connectivity index (χ0n) is 16.8. The van der Waals surface area contributed by atoms with Crippen LogP contribution in [-0.2, 0) is 13.0 Å². The smallest absolute Gasteiger partial charge is 0.321 e. The number of aryl methyl sites for hydroxylation is 1. The molecule has 0 radical (unpaired) electrons. The van der Waals surface area contributed by atoms with Gasteiger partial charge in [-0.05, 0) is 36.2 Å². The lowest BCUT2D eigenvalue weighted by Crippen LogP contribution is -2.49. The van der Waals surface area contributed by atoms with Gasteiger partial charge in [-0.25, -0.2) is 4.79 Å². The van der Waals surface area contributed by atoms with E-state index in [2.05, 4.69) is 33.3 Å². The minimum atomic E-state index is -0.0662. The molecular weight excluding hydrogens is 402 g/mol. The summed E-state index contributed by atoms with van der Waals surface area (Å²) in [4.78, 5) is 21.1. The van der Waals surface area contributed by atoms with Gasteiger partial charge in [-0.15, -0.1) is 0 Å². The van der Waals surface area contributed by atoms with Gasteiger partial charge in [0.15, 0.2) is 5.82 Å². The number of benzene rings is 2. The minimum absolute atomic E-state index is 0.0662. The van der Waals surface area contributed by atoms with Gasteiger partial charge in [-0.2, -0.15) is 4.98 Å². The van der Waals surface area contributed by atoms with E-state index in [1.54, 1.807) is 6.07 Å². The zero-order valence-corrected chi connectivity index (χ0v) is 17.6. The molecule has 4 rings (SSSR count). The number of halogens is 1. The number of carbonyl (C=O) groups is 1. The van der Waals surface area contributed by atoms with Gasteiger partial charge in [0.05, 0.1) is 17.1 Å². The average Bonchev–Trinajstić information content (AvgIpc) is 3.23. The predicted molar refractivity (Wildman–Crippen MR) is 116 cm³/mol. The molecule has 7 nitrogen and oxygen atoms in total. The van der Waals surface area contributed by atoms with Crippen molar-refractivity contribution >= 4 is 23.3 Å². The molecule has 2 heterocycles. The highest BCUT2D eigenvalue weighted by atomic mass is 35.5. The van der Waals surface area contributed by atoms with Gasteiger partial charge in [0.25, 0.3) is 5.89 Å². The summed E-state index contributed by atoms with van der Waals surface area (Å²) in [5.41, 5.74) is 2.76. The van der Waals surface area contributed by atoms with Gasteiger partial charge in [0, 0.05) is 31.9 Å². The molecule has 1 N–H and O–H groups in total. The molecule has 2 amide bonds. The molecule has 0 aliphatic carbocycles. The normalized spacial score (nSPS) is 14.7. The molecule has 8 heteroatoms. The Morgan fingerprint density at radius 1 is 1.13 bits per heavy atom. The summed E-state index contributed by atoms with van der Waals surface area (Å²) in [7, 11) is 0.